The van der Waals surface area contributed by atoms with Crippen LogP contribution in [0.2, 0.25) is 0 Å². The van der Waals surface area contributed by atoms with Gasteiger partial charge in [0.2, 0.25) is 0 Å². The Morgan fingerprint density at radius 3 is 1.77 bits per heavy atom. The van der Waals surface area contributed by atoms with Gasteiger partial charge in [-0.25, -0.2) is 0 Å². The van der Waals surface area contributed by atoms with Gasteiger partial charge in [-0.1, -0.05) is 78.9 Å². The number of hydrogen-bond donors (Lipinski definition) is 0. The van der Waals surface area contributed by atoms with E-state index in [9.17, 15) is 0 Å². The van der Waals surface area contributed by atoms with Crippen molar-refractivity contribution in [2.24, 2.45) is 0 Å². The molecule has 0 bridgehead atoms. The van der Waals surface area contributed by atoms with E-state index in [1.807, 2.05) is 23.6 Å². The van der Waals surface area contributed by atoms with Crippen molar-refractivity contribution in [3.63, 3.8) is 0 Å². The van der Waals surface area contributed by atoms with Crippen molar-refractivity contribution in [2.45, 2.75) is 0 Å². The van der Waals surface area contributed by atoms with E-state index in [2.05, 4.69) is 114 Å². The summed E-state index contributed by atoms with van der Waals surface area (Å²) in [5.74, 6) is 0. The summed E-state index contributed by atoms with van der Waals surface area (Å²) in [7, 11) is 0. The highest BCUT2D eigenvalue weighted by Gasteiger charge is 2.08. The Labute approximate surface area is 208 Å². The van der Waals surface area contributed by atoms with Crippen molar-refractivity contribution in [1.82, 2.24) is 4.98 Å². The van der Waals surface area contributed by atoms with Crippen LogP contribution in [0.15, 0.2) is 128 Å². The molecule has 2 heterocycles. The second-order valence-electron chi connectivity index (χ2n) is 8.90. The van der Waals surface area contributed by atoms with E-state index in [1.165, 1.54) is 58.8 Å². The van der Waals surface area contributed by atoms with Crippen molar-refractivity contribution < 1.29 is 0 Å². The minimum atomic E-state index is 1.14. The fourth-order valence-corrected chi connectivity index (χ4v) is 5.99. The molecule has 0 N–H and O–H groups in total. The molecule has 0 saturated heterocycles. The van der Waals surface area contributed by atoms with E-state index < -0.39 is 0 Å². The van der Waals surface area contributed by atoms with Gasteiger partial charge < -0.3 is 0 Å². The SMILES string of the molecule is c1cncc(-c2ccc(-c3ccc4cc(-c5ccc6sc7ccccc7c6c5)ccc4c3)cc2)c1. The Balaban J connectivity index is 1.23. The maximum atomic E-state index is 4.23. The Morgan fingerprint density at radius 1 is 0.429 bits per heavy atom. The third-order valence-corrected chi connectivity index (χ3v) is 7.92. The molecule has 0 atom stereocenters. The molecule has 0 aliphatic heterocycles. The van der Waals surface area contributed by atoms with Crippen molar-refractivity contribution in [3.05, 3.63) is 128 Å². The number of rotatable bonds is 3. The first-order valence-electron chi connectivity index (χ1n) is 11.8. The highest BCUT2D eigenvalue weighted by atomic mass is 32.1. The van der Waals surface area contributed by atoms with Crippen LogP contribution in [-0.4, -0.2) is 4.98 Å². The van der Waals surface area contributed by atoms with Crippen LogP contribution in [0, 0.1) is 0 Å². The molecular formula is C33H21NS. The summed E-state index contributed by atoms with van der Waals surface area (Å²) in [6.07, 6.45) is 3.71. The maximum Gasteiger partial charge on any atom is 0.0355 e. The second-order valence-corrected chi connectivity index (χ2v) is 9.99. The summed E-state index contributed by atoms with van der Waals surface area (Å²) in [5, 5.41) is 5.20. The van der Waals surface area contributed by atoms with Gasteiger partial charge in [-0.05, 0) is 80.6 Å². The lowest BCUT2D eigenvalue weighted by Gasteiger charge is -2.08. The number of thiophene rings is 1. The van der Waals surface area contributed by atoms with Crippen LogP contribution in [-0.2, 0) is 0 Å². The van der Waals surface area contributed by atoms with Crippen LogP contribution < -0.4 is 0 Å². The van der Waals surface area contributed by atoms with Crippen molar-refractivity contribution in [2.75, 3.05) is 0 Å². The first-order chi connectivity index (χ1) is 17.3. The fraction of sp³-hybridized carbons (Fsp3) is 0. The Morgan fingerprint density at radius 2 is 1.03 bits per heavy atom. The van der Waals surface area contributed by atoms with Crippen molar-refractivity contribution >= 4 is 42.3 Å². The summed E-state index contributed by atoms with van der Waals surface area (Å²) in [6, 6.07) is 41.9. The van der Waals surface area contributed by atoms with Crippen molar-refractivity contribution in [1.29, 1.82) is 0 Å². The highest BCUT2D eigenvalue weighted by molar-refractivity contribution is 7.25. The van der Waals surface area contributed by atoms with Gasteiger partial charge in [0.15, 0.2) is 0 Å². The molecule has 35 heavy (non-hydrogen) atoms. The number of aromatic nitrogens is 1. The maximum absolute atomic E-state index is 4.23. The minimum absolute atomic E-state index is 1.14. The average molecular weight is 464 g/mol. The Hall–Kier alpha value is -4.27. The van der Waals surface area contributed by atoms with Gasteiger partial charge in [-0.15, -0.1) is 11.3 Å². The molecule has 0 aliphatic carbocycles. The fourth-order valence-electron chi connectivity index (χ4n) is 4.90. The monoisotopic (exact) mass is 463 g/mol. The zero-order chi connectivity index (χ0) is 23.2. The Kier molecular flexibility index (Phi) is 4.71. The molecule has 0 saturated carbocycles. The van der Waals surface area contributed by atoms with E-state index in [0.717, 1.165) is 5.56 Å². The van der Waals surface area contributed by atoms with E-state index in [4.69, 9.17) is 0 Å². The normalized spacial score (nSPS) is 11.4. The van der Waals surface area contributed by atoms with Crippen LogP contribution in [0.4, 0.5) is 0 Å². The zero-order valence-electron chi connectivity index (χ0n) is 19.0. The van der Waals surface area contributed by atoms with Crippen LogP contribution in [0.1, 0.15) is 0 Å². The number of benzene rings is 5. The lowest BCUT2D eigenvalue weighted by Crippen LogP contribution is -1.83. The highest BCUT2D eigenvalue weighted by Crippen LogP contribution is 2.37. The second kappa shape index (κ2) is 8.19. The molecular weight excluding hydrogens is 442 g/mol. The van der Waals surface area contributed by atoms with Gasteiger partial charge in [0, 0.05) is 32.6 Å². The molecule has 0 amide bonds. The van der Waals surface area contributed by atoms with Crippen LogP contribution in [0.5, 0.6) is 0 Å². The van der Waals surface area contributed by atoms with Crippen LogP contribution in [0.25, 0.3) is 64.3 Å². The number of hydrogen-bond acceptors (Lipinski definition) is 2. The molecule has 2 heteroatoms. The number of fused-ring (bicyclic) bond motifs is 4. The first-order valence-corrected chi connectivity index (χ1v) is 12.6. The van der Waals surface area contributed by atoms with E-state index in [-0.39, 0.29) is 0 Å². The van der Waals surface area contributed by atoms with Gasteiger partial charge in [0.25, 0.3) is 0 Å². The summed E-state index contributed by atoms with van der Waals surface area (Å²) in [4.78, 5) is 4.23. The summed E-state index contributed by atoms with van der Waals surface area (Å²) in [5.41, 5.74) is 7.29. The lowest BCUT2D eigenvalue weighted by molar-refractivity contribution is 1.33. The molecule has 0 aliphatic rings. The third-order valence-electron chi connectivity index (χ3n) is 6.76. The van der Waals surface area contributed by atoms with Gasteiger partial charge in [-0.2, -0.15) is 0 Å². The van der Waals surface area contributed by atoms with Crippen molar-refractivity contribution in [3.8, 4) is 33.4 Å². The molecule has 2 aromatic heterocycles. The lowest BCUT2D eigenvalue weighted by atomic mass is 9.96. The number of nitrogens with zero attached hydrogens (tertiary/aromatic N) is 1. The first kappa shape index (κ1) is 20.1. The Bertz CT molecular complexity index is 1830. The molecule has 0 radical (unpaired) electrons. The molecule has 7 rings (SSSR count). The molecule has 7 aromatic rings. The summed E-state index contributed by atoms with van der Waals surface area (Å²) < 4.78 is 2.69. The van der Waals surface area contributed by atoms with Crippen LogP contribution >= 0.6 is 11.3 Å². The topological polar surface area (TPSA) is 12.9 Å². The smallest absolute Gasteiger partial charge is 0.0355 e. The molecule has 1 nitrogen and oxygen atoms in total. The average Bonchev–Trinajstić information content (AvgIpc) is 3.31. The molecule has 164 valence electrons. The largest absolute Gasteiger partial charge is 0.264 e. The predicted molar refractivity (Wildman–Crippen MR) is 151 cm³/mol. The minimum Gasteiger partial charge on any atom is -0.264 e. The molecule has 0 spiro atoms. The zero-order valence-corrected chi connectivity index (χ0v) is 19.8. The standard InChI is InChI=1S/C33H21NS/c1-2-6-32-30(5-1)31-20-28(15-16-33(31)35-32)27-14-13-25-18-24(11-12-26(25)19-27)22-7-9-23(10-8-22)29-4-3-17-34-21-29/h1-21H. The predicted octanol–water partition coefficient (Wildman–Crippen LogP) is 9.60. The molecule has 0 fully saturated rings. The van der Waals surface area contributed by atoms with Gasteiger partial charge in [-0.3, -0.25) is 4.98 Å². The van der Waals surface area contributed by atoms with Gasteiger partial charge >= 0.3 is 0 Å². The van der Waals surface area contributed by atoms with Crippen LogP contribution in [0.3, 0.4) is 0 Å². The summed E-state index contributed by atoms with van der Waals surface area (Å²) in [6.45, 7) is 0. The number of pyridine rings is 1. The third kappa shape index (κ3) is 3.60. The quantitative estimate of drug-likeness (QED) is 0.254. The molecule has 0 unspecified atom stereocenters. The molecule has 5 aromatic carbocycles. The van der Waals surface area contributed by atoms with E-state index >= 15 is 0 Å². The van der Waals surface area contributed by atoms with E-state index in [1.54, 1.807) is 6.20 Å². The van der Waals surface area contributed by atoms with Gasteiger partial charge in [0.1, 0.15) is 0 Å². The summed E-state index contributed by atoms with van der Waals surface area (Å²) >= 11 is 1.86. The van der Waals surface area contributed by atoms with Gasteiger partial charge in [0.05, 0.1) is 0 Å². The van der Waals surface area contributed by atoms with E-state index in [0.29, 0.717) is 0 Å².